The third kappa shape index (κ3) is 3.60. The second kappa shape index (κ2) is 6.01. The van der Waals surface area contributed by atoms with Gasteiger partial charge < -0.3 is 0 Å². The number of rotatable bonds is 4. The summed E-state index contributed by atoms with van der Waals surface area (Å²) in [4.78, 5) is 10.6. The summed E-state index contributed by atoms with van der Waals surface area (Å²) in [5.41, 5.74) is -0.419. The van der Waals surface area contributed by atoms with Crippen LogP contribution in [0.5, 0.6) is 0 Å². The molecule has 0 aliphatic heterocycles. The maximum atomic E-state index is 13.2. The van der Waals surface area contributed by atoms with Crippen LogP contribution in [0.25, 0.3) is 0 Å². The molecule has 0 saturated carbocycles. The van der Waals surface area contributed by atoms with E-state index in [0.29, 0.717) is 0 Å². The van der Waals surface area contributed by atoms with Gasteiger partial charge in [-0.3, -0.25) is 10.1 Å². The normalized spacial score (nSPS) is 11.4. The molecule has 2 aromatic carbocycles. The molecule has 22 heavy (non-hydrogen) atoms. The summed E-state index contributed by atoms with van der Waals surface area (Å²) in [6.07, 6.45) is 0.939. The molecule has 116 valence electrons. The Hall–Kier alpha value is -2.00. The highest BCUT2D eigenvalue weighted by Gasteiger charge is 2.19. The molecule has 0 saturated heterocycles. The summed E-state index contributed by atoms with van der Waals surface area (Å²) in [5.74, 6) is -2.09. The van der Waals surface area contributed by atoms with Crippen molar-refractivity contribution in [3.05, 3.63) is 58.1 Å². The molecule has 2 aromatic rings. The van der Waals surface area contributed by atoms with Crippen LogP contribution in [0.3, 0.4) is 0 Å². The first kappa shape index (κ1) is 16.4. The van der Waals surface area contributed by atoms with E-state index in [2.05, 4.69) is 0 Å². The molecule has 0 bridgehead atoms. The quantitative estimate of drug-likeness (QED) is 0.627. The first-order valence-corrected chi connectivity index (χ1v) is 8.50. The lowest BCUT2D eigenvalue weighted by atomic mass is 10.3. The predicted octanol–water partition coefficient (Wildman–Crippen LogP) is 3.43. The number of nitro groups is 1. The highest BCUT2D eigenvalue weighted by Crippen LogP contribution is 2.36. The Morgan fingerprint density at radius 2 is 1.77 bits per heavy atom. The minimum atomic E-state index is -3.58. The Balaban J connectivity index is 2.46. The Morgan fingerprint density at radius 1 is 1.09 bits per heavy atom. The fourth-order valence-electron chi connectivity index (χ4n) is 1.62. The summed E-state index contributed by atoms with van der Waals surface area (Å²) in [6.45, 7) is 0. The summed E-state index contributed by atoms with van der Waals surface area (Å²) >= 11 is 0.842. The third-order valence-electron chi connectivity index (χ3n) is 2.67. The van der Waals surface area contributed by atoms with Crippen molar-refractivity contribution in [3.8, 4) is 0 Å². The van der Waals surface area contributed by atoms with E-state index in [-0.39, 0.29) is 14.7 Å². The zero-order valence-corrected chi connectivity index (χ0v) is 12.7. The Bertz CT molecular complexity index is 853. The fraction of sp³-hybridized carbons (Fsp3) is 0.0769. The largest absolute Gasteiger partial charge is 0.284 e. The van der Waals surface area contributed by atoms with Gasteiger partial charge in [-0.2, -0.15) is 0 Å². The molecule has 0 fully saturated rings. The van der Waals surface area contributed by atoms with Gasteiger partial charge in [-0.25, -0.2) is 17.2 Å². The first-order chi connectivity index (χ1) is 10.2. The maximum absolute atomic E-state index is 13.2. The molecular weight excluding hydrogens is 336 g/mol. The van der Waals surface area contributed by atoms with Crippen LogP contribution in [-0.2, 0) is 9.84 Å². The van der Waals surface area contributed by atoms with Crippen molar-refractivity contribution in [3.63, 3.8) is 0 Å². The summed E-state index contributed by atoms with van der Waals surface area (Å²) in [6, 6.07) is 6.53. The van der Waals surface area contributed by atoms with Crippen molar-refractivity contribution in [1.82, 2.24) is 0 Å². The summed E-state index contributed by atoms with van der Waals surface area (Å²) < 4.78 is 48.9. The lowest BCUT2D eigenvalue weighted by Crippen LogP contribution is -1.99. The molecule has 0 atom stereocenters. The fourth-order valence-corrected chi connectivity index (χ4v) is 3.19. The van der Waals surface area contributed by atoms with E-state index in [1.54, 1.807) is 0 Å². The summed E-state index contributed by atoms with van der Waals surface area (Å²) in [7, 11) is -3.58. The molecule has 0 aliphatic rings. The Kier molecular flexibility index (Phi) is 4.47. The molecule has 9 heteroatoms. The van der Waals surface area contributed by atoms with Crippen LogP contribution in [0, 0.1) is 21.7 Å². The molecule has 0 amide bonds. The van der Waals surface area contributed by atoms with Crippen LogP contribution in [0.4, 0.5) is 14.5 Å². The second-order valence-electron chi connectivity index (χ2n) is 4.34. The molecule has 0 heterocycles. The van der Waals surface area contributed by atoms with Crippen molar-refractivity contribution in [2.24, 2.45) is 0 Å². The lowest BCUT2D eigenvalue weighted by Gasteiger charge is -2.05. The van der Waals surface area contributed by atoms with Crippen LogP contribution in [0.2, 0.25) is 0 Å². The summed E-state index contributed by atoms with van der Waals surface area (Å²) in [5, 5.41) is 11.1. The van der Waals surface area contributed by atoms with Crippen LogP contribution in [0.1, 0.15) is 0 Å². The Morgan fingerprint density at radius 3 is 2.32 bits per heavy atom. The minimum absolute atomic E-state index is 0.128. The topological polar surface area (TPSA) is 77.3 Å². The van der Waals surface area contributed by atoms with E-state index in [9.17, 15) is 27.3 Å². The Labute approximate surface area is 129 Å². The minimum Gasteiger partial charge on any atom is -0.258 e. The molecule has 5 nitrogen and oxygen atoms in total. The maximum Gasteiger partial charge on any atom is 0.284 e. The van der Waals surface area contributed by atoms with E-state index in [1.165, 1.54) is 18.2 Å². The van der Waals surface area contributed by atoms with E-state index in [1.807, 2.05) is 0 Å². The smallest absolute Gasteiger partial charge is 0.258 e. The van der Waals surface area contributed by atoms with Gasteiger partial charge in [0.25, 0.3) is 5.69 Å². The molecule has 0 radical (unpaired) electrons. The predicted molar refractivity (Wildman–Crippen MR) is 76.7 cm³/mol. The van der Waals surface area contributed by atoms with E-state index in [0.717, 1.165) is 36.2 Å². The number of halogens is 2. The second-order valence-corrected chi connectivity index (χ2v) is 7.47. The average molecular weight is 345 g/mol. The van der Waals surface area contributed by atoms with Crippen molar-refractivity contribution >= 4 is 27.3 Å². The lowest BCUT2D eigenvalue weighted by molar-refractivity contribution is -0.388. The van der Waals surface area contributed by atoms with Gasteiger partial charge in [-0.15, -0.1) is 0 Å². The molecule has 0 unspecified atom stereocenters. The average Bonchev–Trinajstić information content (AvgIpc) is 2.42. The molecule has 0 aliphatic carbocycles. The number of hydrogen-bond acceptors (Lipinski definition) is 5. The van der Waals surface area contributed by atoms with Gasteiger partial charge in [0.05, 0.1) is 14.7 Å². The molecule has 0 N–H and O–H groups in total. The number of nitro benzene ring substituents is 1. The first-order valence-electron chi connectivity index (χ1n) is 5.80. The van der Waals surface area contributed by atoms with Crippen molar-refractivity contribution < 1.29 is 22.1 Å². The molecule has 2 rings (SSSR count). The van der Waals surface area contributed by atoms with Crippen molar-refractivity contribution in [1.29, 1.82) is 0 Å². The molecule has 0 aromatic heterocycles. The number of sulfone groups is 1. The number of nitrogens with zero attached hydrogens (tertiary/aromatic N) is 1. The zero-order valence-electron chi connectivity index (χ0n) is 11.1. The van der Waals surface area contributed by atoms with E-state index >= 15 is 0 Å². The van der Waals surface area contributed by atoms with Crippen molar-refractivity contribution in [2.45, 2.75) is 14.7 Å². The van der Waals surface area contributed by atoms with Gasteiger partial charge in [0.15, 0.2) is 21.5 Å². The SMILES string of the molecule is CS(=O)(=O)c1ccc(Sc2ccc(F)c(F)c2)c([N+](=O)[O-])c1. The van der Waals surface area contributed by atoms with Gasteiger partial charge in [0, 0.05) is 17.2 Å². The van der Waals surface area contributed by atoms with Gasteiger partial charge >= 0.3 is 0 Å². The molecular formula is C13H9F2NO4S2. The molecule has 0 spiro atoms. The van der Waals surface area contributed by atoms with E-state index in [4.69, 9.17) is 0 Å². The number of hydrogen-bond donors (Lipinski definition) is 0. The van der Waals surface area contributed by atoms with Crippen molar-refractivity contribution in [2.75, 3.05) is 6.26 Å². The van der Waals surface area contributed by atoms with Crippen LogP contribution >= 0.6 is 11.8 Å². The van der Waals surface area contributed by atoms with Crippen LogP contribution < -0.4 is 0 Å². The third-order valence-corrected chi connectivity index (χ3v) is 4.84. The van der Waals surface area contributed by atoms with Crippen LogP contribution in [-0.4, -0.2) is 19.6 Å². The van der Waals surface area contributed by atoms with Gasteiger partial charge in [0.2, 0.25) is 0 Å². The monoisotopic (exact) mass is 345 g/mol. The van der Waals surface area contributed by atoms with Gasteiger partial charge in [0.1, 0.15) is 0 Å². The zero-order chi connectivity index (χ0) is 16.5. The highest BCUT2D eigenvalue weighted by atomic mass is 32.2. The van der Waals surface area contributed by atoms with Crippen LogP contribution in [0.15, 0.2) is 51.1 Å². The van der Waals surface area contributed by atoms with E-state index < -0.39 is 32.1 Å². The van der Waals surface area contributed by atoms with Gasteiger partial charge in [-0.05, 0) is 30.3 Å². The van der Waals surface area contributed by atoms with Gasteiger partial charge in [-0.1, -0.05) is 11.8 Å². The standard InChI is InChI=1S/C13H9F2NO4S2/c1-22(19,20)9-3-5-13(12(7-9)16(17)18)21-8-2-4-10(14)11(15)6-8/h2-7H,1H3. The number of benzene rings is 2. The highest BCUT2D eigenvalue weighted by molar-refractivity contribution is 7.99.